The van der Waals surface area contributed by atoms with Gasteiger partial charge in [0.15, 0.2) is 0 Å². The van der Waals surface area contributed by atoms with Gasteiger partial charge >= 0.3 is 0 Å². The predicted molar refractivity (Wildman–Crippen MR) is 82.7 cm³/mol. The van der Waals surface area contributed by atoms with Gasteiger partial charge < -0.3 is 9.47 Å². The van der Waals surface area contributed by atoms with Crippen molar-refractivity contribution >= 4 is 15.7 Å². The fraction of sp³-hybridized carbons (Fsp3) is 0.667. The van der Waals surface area contributed by atoms with E-state index in [9.17, 15) is 13.2 Å². The third-order valence-corrected chi connectivity index (χ3v) is 5.08. The van der Waals surface area contributed by atoms with E-state index in [2.05, 4.69) is 10.6 Å². The molecule has 1 saturated heterocycles. The van der Waals surface area contributed by atoms with Gasteiger partial charge in [-0.1, -0.05) is 0 Å². The van der Waals surface area contributed by atoms with E-state index in [0.717, 1.165) is 31.5 Å². The normalized spacial score (nSPS) is 19.7. The third kappa shape index (κ3) is 4.33. The van der Waals surface area contributed by atoms with Crippen LogP contribution in [0.25, 0.3) is 0 Å². The monoisotopic (exact) mass is 312 g/mol. The maximum absolute atomic E-state index is 12.4. The van der Waals surface area contributed by atoms with E-state index >= 15 is 0 Å². The van der Waals surface area contributed by atoms with Crippen LogP contribution in [-0.2, 0) is 21.7 Å². The van der Waals surface area contributed by atoms with E-state index < -0.39 is 9.84 Å². The molecule has 1 aromatic heterocycles. The van der Waals surface area contributed by atoms with Crippen LogP contribution in [0, 0.1) is 0 Å². The molecule has 1 aliphatic rings. The Hall–Kier alpha value is -1.30. The fourth-order valence-electron chi connectivity index (χ4n) is 2.99. The molecule has 1 aliphatic heterocycles. The van der Waals surface area contributed by atoms with Crippen molar-refractivity contribution in [2.75, 3.05) is 18.6 Å². The summed E-state index contributed by atoms with van der Waals surface area (Å²) in [6.07, 6.45) is 7.07. The van der Waals surface area contributed by atoms with E-state index in [1.54, 1.807) is 0 Å². The molecule has 0 radical (unpaired) electrons. The second kappa shape index (κ2) is 6.64. The number of aromatic nitrogens is 1. The summed E-state index contributed by atoms with van der Waals surface area (Å²) in [6.45, 7) is 0.771. The molecule has 0 aliphatic carbocycles. The molecule has 0 unspecified atom stereocenters. The first-order valence-corrected chi connectivity index (χ1v) is 9.53. The quantitative estimate of drug-likeness (QED) is 0.834. The highest BCUT2D eigenvalue weighted by Crippen LogP contribution is 2.31. The number of likely N-dealkylation sites (tertiary alicyclic amines) is 1. The molecule has 0 saturated carbocycles. The average Bonchev–Trinajstić information content (AvgIpc) is 2.83. The number of carbonyl (C=O) groups is 1. The molecule has 0 spiro atoms. The molecule has 0 aromatic carbocycles. The van der Waals surface area contributed by atoms with E-state index in [1.807, 2.05) is 24.2 Å². The van der Waals surface area contributed by atoms with Crippen LogP contribution in [0.1, 0.15) is 43.8 Å². The van der Waals surface area contributed by atoms with E-state index in [1.165, 1.54) is 6.26 Å². The number of amides is 1. The average molecular weight is 312 g/mol. The second-order valence-electron chi connectivity index (χ2n) is 5.88. The van der Waals surface area contributed by atoms with Gasteiger partial charge in [0, 0.05) is 38.2 Å². The molecule has 21 heavy (non-hydrogen) atoms. The minimum absolute atomic E-state index is 0.0737. The van der Waals surface area contributed by atoms with Crippen LogP contribution in [0.4, 0.5) is 0 Å². The molecular weight excluding hydrogens is 288 g/mol. The van der Waals surface area contributed by atoms with Crippen molar-refractivity contribution in [3.8, 4) is 0 Å². The molecule has 0 bridgehead atoms. The summed E-state index contributed by atoms with van der Waals surface area (Å²) in [5, 5.41) is 0. The molecule has 2 heterocycles. The summed E-state index contributed by atoms with van der Waals surface area (Å²) in [5.74, 6) is 0.158. The lowest BCUT2D eigenvalue weighted by atomic mass is 9.98. The maximum Gasteiger partial charge on any atom is 0.223 e. The highest BCUT2D eigenvalue weighted by atomic mass is 32.2. The molecule has 2 rings (SSSR count). The van der Waals surface area contributed by atoms with E-state index in [4.69, 9.17) is 0 Å². The zero-order chi connectivity index (χ0) is 15.5. The number of carbonyl (C=O) groups excluding carboxylic acids is 1. The van der Waals surface area contributed by atoms with Crippen molar-refractivity contribution < 1.29 is 13.2 Å². The second-order valence-corrected chi connectivity index (χ2v) is 8.14. The highest BCUT2D eigenvalue weighted by Gasteiger charge is 2.28. The van der Waals surface area contributed by atoms with Crippen LogP contribution in [0.2, 0.25) is 0 Å². The number of sulfone groups is 1. The van der Waals surface area contributed by atoms with Gasteiger partial charge in [0.25, 0.3) is 0 Å². The van der Waals surface area contributed by atoms with Gasteiger partial charge in [0.05, 0.1) is 11.8 Å². The first-order chi connectivity index (χ1) is 9.88. The molecule has 1 atom stereocenters. The van der Waals surface area contributed by atoms with Gasteiger partial charge in [0.1, 0.15) is 9.84 Å². The van der Waals surface area contributed by atoms with Crippen molar-refractivity contribution in [1.82, 2.24) is 9.47 Å². The fourth-order valence-corrected chi connectivity index (χ4v) is 3.66. The molecule has 0 N–H and O–H groups in total. The number of piperidine rings is 1. The van der Waals surface area contributed by atoms with Crippen molar-refractivity contribution in [3.63, 3.8) is 0 Å². The lowest BCUT2D eigenvalue weighted by Gasteiger charge is -2.36. The van der Waals surface area contributed by atoms with Gasteiger partial charge in [-0.25, -0.2) is 8.42 Å². The highest BCUT2D eigenvalue weighted by molar-refractivity contribution is 7.90. The number of hydrogen-bond acceptors (Lipinski definition) is 3. The standard InChI is InChI=1S/C15H24N2O3S/c1-16-10-5-8-13(16)14-7-3-4-11-17(14)15(18)9-6-12-21(2,19)20/h5,8,10,14H,3-4,6-7,9,11-12H2,1-2H3/t14-/m1/s1. The first-order valence-electron chi connectivity index (χ1n) is 7.47. The van der Waals surface area contributed by atoms with Crippen LogP contribution >= 0.6 is 0 Å². The summed E-state index contributed by atoms with van der Waals surface area (Å²) in [5.41, 5.74) is 1.16. The third-order valence-electron chi connectivity index (χ3n) is 4.05. The minimum Gasteiger partial charge on any atom is -0.353 e. The van der Waals surface area contributed by atoms with Crippen LogP contribution < -0.4 is 0 Å². The van der Waals surface area contributed by atoms with Gasteiger partial charge in [0.2, 0.25) is 5.91 Å². The Bertz CT molecular complexity index is 592. The Morgan fingerprint density at radius 2 is 2.14 bits per heavy atom. The van der Waals surface area contributed by atoms with E-state index in [-0.39, 0.29) is 17.7 Å². The summed E-state index contributed by atoms with van der Waals surface area (Å²) in [4.78, 5) is 14.4. The largest absolute Gasteiger partial charge is 0.353 e. The molecule has 1 aromatic rings. The number of nitrogens with zero attached hydrogens (tertiary/aromatic N) is 2. The molecule has 1 fully saturated rings. The van der Waals surface area contributed by atoms with E-state index in [0.29, 0.717) is 12.8 Å². The van der Waals surface area contributed by atoms with Gasteiger partial charge in [-0.05, 0) is 37.8 Å². The van der Waals surface area contributed by atoms with Gasteiger partial charge in [-0.2, -0.15) is 0 Å². The maximum atomic E-state index is 12.4. The number of hydrogen-bond donors (Lipinski definition) is 0. The zero-order valence-electron chi connectivity index (χ0n) is 12.8. The Morgan fingerprint density at radius 3 is 2.76 bits per heavy atom. The van der Waals surface area contributed by atoms with Gasteiger partial charge in [-0.15, -0.1) is 0 Å². The van der Waals surface area contributed by atoms with Gasteiger partial charge in [-0.3, -0.25) is 4.79 Å². The summed E-state index contributed by atoms with van der Waals surface area (Å²) < 4.78 is 24.4. The lowest BCUT2D eigenvalue weighted by molar-refractivity contribution is -0.135. The predicted octanol–water partition coefficient (Wildman–Crippen LogP) is 1.90. The Balaban J connectivity index is 2.01. The molecule has 6 heteroatoms. The lowest BCUT2D eigenvalue weighted by Crippen LogP contribution is -2.39. The SMILES string of the molecule is Cn1cccc1[C@H]1CCCCN1C(=O)CCCS(C)(=O)=O. The summed E-state index contributed by atoms with van der Waals surface area (Å²) in [6, 6.07) is 4.19. The summed E-state index contributed by atoms with van der Waals surface area (Å²) in [7, 11) is -0.993. The topological polar surface area (TPSA) is 59.4 Å². The van der Waals surface area contributed by atoms with Crippen LogP contribution in [0.15, 0.2) is 18.3 Å². The van der Waals surface area contributed by atoms with Crippen molar-refractivity contribution in [3.05, 3.63) is 24.0 Å². The summed E-state index contributed by atoms with van der Waals surface area (Å²) >= 11 is 0. The van der Waals surface area contributed by atoms with Crippen molar-refractivity contribution in [2.45, 2.75) is 38.1 Å². The Morgan fingerprint density at radius 1 is 1.38 bits per heavy atom. The van der Waals surface area contributed by atoms with Crippen LogP contribution in [0.5, 0.6) is 0 Å². The number of aryl methyl sites for hydroxylation is 1. The first kappa shape index (κ1) is 16.1. The zero-order valence-corrected chi connectivity index (χ0v) is 13.6. The Labute approximate surface area is 126 Å². The van der Waals surface area contributed by atoms with Crippen molar-refractivity contribution in [1.29, 1.82) is 0 Å². The smallest absolute Gasteiger partial charge is 0.223 e. The molecular formula is C15H24N2O3S. The van der Waals surface area contributed by atoms with Crippen molar-refractivity contribution in [2.24, 2.45) is 7.05 Å². The number of rotatable bonds is 5. The van der Waals surface area contributed by atoms with Crippen LogP contribution in [0.3, 0.4) is 0 Å². The Kier molecular flexibility index (Phi) is 5.08. The van der Waals surface area contributed by atoms with Crippen LogP contribution in [-0.4, -0.2) is 42.3 Å². The molecule has 118 valence electrons. The molecule has 5 nitrogen and oxygen atoms in total. The molecule has 1 amide bonds. The minimum atomic E-state index is -2.99.